The Labute approximate surface area is 103 Å². The van der Waals surface area contributed by atoms with Crippen LogP contribution in [0.1, 0.15) is 39.5 Å². The van der Waals surface area contributed by atoms with Gasteiger partial charge in [0, 0.05) is 26.1 Å². The molecule has 2 rings (SSSR count). The minimum atomic E-state index is -0.197. The number of nitrogens with zero attached hydrogens (tertiary/aromatic N) is 1. The number of carbonyl (C=O) groups excluding carboxylic acids is 1. The van der Waals surface area contributed by atoms with Crippen molar-refractivity contribution in [2.75, 3.05) is 26.3 Å². The summed E-state index contributed by atoms with van der Waals surface area (Å²) < 4.78 is 11.1. The maximum absolute atomic E-state index is 12.1. The predicted octanol–water partition coefficient (Wildman–Crippen LogP) is 1.58. The number of morpholine rings is 1. The average molecular weight is 241 g/mol. The summed E-state index contributed by atoms with van der Waals surface area (Å²) in [6, 6.07) is 0. The minimum absolute atomic E-state index is 0.197. The number of ether oxygens (including phenoxy) is 2. The Morgan fingerprint density at radius 1 is 1.41 bits per heavy atom. The molecule has 0 spiro atoms. The molecule has 0 radical (unpaired) electrons. The highest BCUT2D eigenvalue weighted by molar-refractivity contribution is 5.76. The van der Waals surface area contributed by atoms with Crippen LogP contribution in [-0.2, 0) is 14.3 Å². The predicted molar refractivity (Wildman–Crippen MR) is 64.8 cm³/mol. The Kier molecular flexibility index (Phi) is 4.05. The molecular weight excluding hydrogens is 218 g/mol. The van der Waals surface area contributed by atoms with Crippen LogP contribution in [0.3, 0.4) is 0 Å². The van der Waals surface area contributed by atoms with Gasteiger partial charge in [-0.3, -0.25) is 4.79 Å². The van der Waals surface area contributed by atoms with Crippen LogP contribution < -0.4 is 0 Å². The third-order valence-corrected chi connectivity index (χ3v) is 3.48. The maximum Gasteiger partial charge on any atom is 0.222 e. The van der Waals surface area contributed by atoms with Crippen LogP contribution >= 0.6 is 0 Å². The highest BCUT2D eigenvalue weighted by Gasteiger charge is 2.30. The van der Waals surface area contributed by atoms with Gasteiger partial charge in [-0.15, -0.1) is 0 Å². The maximum atomic E-state index is 12.1. The lowest BCUT2D eigenvalue weighted by Gasteiger charge is -2.38. The summed E-state index contributed by atoms with van der Waals surface area (Å²) in [6.45, 7) is 7.02. The summed E-state index contributed by atoms with van der Waals surface area (Å²) in [7, 11) is 0. The monoisotopic (exact) mass is 241 g/mol. The van der Waals surface area contributed by atoms with Crippen molar-refractivity contribution in [3.05, 3.63) is 0 Å². The highest BCUT2D eigenvalue weighted by atomic mass is 16.5. The van der Waals surface area contributed by atoms with Crippen molar-refractivity contribution in [3.63, 3.8) is 0 Å². The number of carbonyl (C=O) groups is 1. The van der Waals surface area contributed by atoms with Gasteiger partial charge in [-0.2, -0.15) is 0 Å². The molecule has 0 N–H and O–H groups in total. The molecule has 0 aliphatic carbocycles. The minimum Gasteiger partial charge on any atom is -0.378 e. The first-order valence-electron chi connectivity index (χ1n) is 6.60. The van der Waals surface area contributed by atoms with Crippen molar-refractivity contribution in [1.82, 2.24) is 4.90 Å². The molecule has 2 saturated heterocycles. The van der Waals surface area contributed by atoms with E-state index in [2.05, 4.69) is 0 Å². The fraction of sp³-hybridized carbons (Fsp3) is 0.923. The van der Waals surface area contributed by atoms with Crippen molar-refractivity contribution >= 4 is 5.91 Å². The molecule has 2 aliphatic heterocycles. The van der Waals surface area contributed by atoms with Gasteiger partial charge >= 0.3 is 0 Å². The van der Waals surface area contributed by atoms with E-state index in [1.807, 2.05) is 18.7 Å². The lowest BCUT2D eigenvalue weighted by atomic mass is 10.1. The second-order valence-corrected chi connectivity index (χ2v) is 5.60. The van der Waals surface area contributed by atoms with Crippen molar-refractivity contribution in [3.8, 4) is 0 Å². The molecule has 2 heterocycles. The summed E-state index contributed by atoms with van der Waals surface area (Å²) >= 11 is 0. The fourth-order valence-electron chi connectivity index (χ4n) is 2.54. The normalized spacial score (nSPS) is 28.4. The van der Waals surface area contributed by atoms with Crippen molar-refractivity contribution in [2.24, 2.45) is 0 Å². The molecule has 0 aromatic heterocycles. The molecular formula is C13H23NO3. The summed E-state index contributed by atoms with van der Waals surface area (Å²) in [5.74, 6) is 0.247. The van der Waals surface area contributed by atoms with Gasteiger partial charge in [0.1, 0.15) is 0 Å². The summed E-state index contributed by atoms with van der Waals surface area (Å²) in [5.41, 5.74) is -0.197. The van der Waals surface area contributed by atoms with Gasteiger partial charge in [-0.25, -0.2) is 0 Å². The van der Waals surface area contributed by atoms with Gasteiger partial charge in [0.05, 0.1) is 18.3 Å². The van der Waals surface area contributed by atoms with Crippen molar-refractivity contribution in [1.29, 1.82) is 0 Å². The first kappa shape index (κ1) is 12.8. The molecule has 0 unspecified atom stereocenters. The molecule has 0 aromatic carbocycles. The van der Waals surface area contributed by atoms with Crippen LogP contribution in [0.25, 0.3) is 0 Å². The first-order valence-corrected chi connectivity index (χ1v) is 6.60. The van der Waals surface area contributed by atoms with E-state index in [9.17, 15) is 4.79 Å². The standard InChI is InChI=1S/C13H23NO3/c1-13(2)10-14(7-9-17-13)12(15)6-5-11-4-3-8-16-11/h11H,3-10H2,1-2H3/t11-/m0/s1. The van der Waals surface area contributed by atoms with E-state index in [4.69, 9.17) is 9.47 Å². The summed E-state index contributed by atoms with van der Waals surface area (Å²) in [5, 5.41) is 0. The zero-order chi connectivity index (χ0) is 12.3. The van der Waals surface area contributed by atoms with Gasteiger partial charge in [0.25, 0.3) is 0 Å². The van der Waals surface area contributed by atoms with E-state index in [1.54, 1.807) is 0 Å². The summed E-state index contributed by atoms with van der Waals surface area (Å²) in [6.07, 6.45) is 4.05. The molecule has 17 heavy (non-hydrogen) atoms. The average Bonchev–Trinajstić information content (AvgIpc) is 2.77. The zero-order valence-electron chi connectivity index (χ0n) is 10.9. The largest absolute Gasteiger partial charge is 0.378 e. The van der Waals surface area contributed by atoms with Crippen LogP contribution in [0, 0.1) is 0 Å². The molecule has 2 fully saturated rings. The van der Waals surface area contributed by atoms with Gasteiger partial charge in [0.2, 0.25) is 5.91 Å². The van der Waals surface area contributed by atoms with Crippen molar-refractivity contribution < 1.29 is 14.3 Å². The van der Waals surface area contributed by atoms with Gasteiger partial charge < -0.3 is 14.4 Å². The molecule has 0 saturated carbocycles. The Bertz CT molecular complexity index is 272. The van der Waals surface area contributed by atoms with Gasteiger partial charge in [-0.1, -0.05) is 0 Å². The van der Waals surface area contributed by atoms with E-state index in [0.717, 1.165) is 32.4 Å². The molecule has 1 atom stereocenters. The zero-order valence-corrected chi connectivity index (χ0v) is 10.9. The molecule has 2 aliphatic rings. The molecule has 4 heteroatoms. The topological polar surface area (TPSA) is 38.8 Å². The van der Waals surface area contributed by atoms with Crippen molar-refractivity contribution in [2.45, 2.75) is 51.2 Å². The van der Waals surface area contributed by atoms with Crippen LogP contribution in [0.4, 0.5) is 0 Å². The third kappa shape index (κ3) is 3.68. The van der Waals surface area contributed by atoms with E-state index in [0.29, 0.717) is 25.7 Å². The van der Waals surface area contributed by atoms with E-state index < -0.39 is 0 Å². The SMILES string of the molecule is CC1(C)CN(C(=O)CC[C@@H]2CCCO2)CCO1. The van der Waals surface area contributed by atoms with Crippen LogP contribution in [0.2, 0.25) is 0 Å². The Hall–Kier alpha value is -0.610. The second-order valence-electron chi connectivity index (χ2n) is 5.60. The highest BCUT2D eigenvalue weighted by Crippen LogP contribution is 2.20. The second kappa shape index (κ2) is 5.36. The Balaban J connectivity index is 1.75. The van der Waals surface area contributed by atoms with Gasteiger partial charge in [-0.05, 0) is 33.1 Å². The fourth-order valence-corrected chi connectivity index (χ4v) is 2.54. The molecule has 0 aromatic rings. The first-order chi connectivity index (χ1) is 8.07. The van der Waals surface area contributed by atoms with Crippen LogP contribution in [-0.4, -0.2) is 48.8 Å². The van der Waals surface area contributed by atoms with Crippen LogP contribution in [0.5, 0.6) is 0 Å². The Morgan fingerprint density at radius 3 is 2.88 bits per heavy atom. The van der Waals surface area contributed by atoms with Crippen LogP contribution in [0.15, 0.2) is 0 Å². The number of amides is 1. The quantitative estimate of drug-likeness (QED) is 0.753. The lowest BCUT2D eigenvalue weighted by molar-refractivity contribution is -0.146. The number of rotatable bonds is 3. The molecule has 98 valence electrons. The van der Waals surface area contributed by atoms with E-state index in [-0.39, 0.29) is 11.5 Å². The van der Waals surface area contributed by atoms with Gasteiger partial charge in [0.15, 0.2) is 0 Å². The summed E-state index contributed by atoms with van der Waals surface area (Å²) in [4.78, 5) is 14.0. The van der Waals surface area contributed by atoms with E-state index >= 15 is 0 Å². The number of hydrogen-bond donors (Lipinski definition) is 0. The molecule has 4 nitrogen and oxygen atoms in total. The molecule has 1 amide bonds. The number of hydrogen-bond acceptors (Lipinski definition) is 3. The smallest absolute Gasteiger partial charge is 0.222 e. The third-order valence-electron chi connectivity index (χ3n) is 3.48. The Morgan fingerprint density at radius 2 is 2.24 bits per heavy atom. The lowest BCUT2D eigenvalue weighted by Crippen LogP contribution is -2.50. The van der Waals surface area contributed by atoms with E-state index in [1.165, 1.54) is 0 Å². The molecule has 0 bridgehead atoms.